The van der Waals surface area contributed by atoms with E-state index >= 15 is 0 Å². The molecule has 1 fully saturated rings. The van der Waals surface area contributed by atoms with Crippen LogP contribution in [-0.4, -0.2) is 71.9 Å². The molecule has 216 valence electrons. The molecule has 1 unspecified atom stereocenters. The molecule has 3 heterocycles. The normalized spacial score (nSPS) is 18.2. The van der Waals surface area contributed by atoms with Gasteiger partial charge in [-0.3, -0.25) is 9.59 Å². The van der Waals surface area contributed by atoms with E-state index in [0.29, 0.717) is 42.3 Å². The standard InChI is InChI=1S/C30H34FN5O5/c1-30(2)9-11-35(12-10-30)27(37)19-40-23-7-8-26-25(15-23)34(3)28(38)24(18-41-26)33-29(39)36-17-21(16-32-36)13-20-5-4-6-22(31)14-20/h4-8,14-17,24H,9-13,18-19H2,1-3H3,(H,33,39). The molecule has 3 amide bonds. The predicted molar refractivity (Wildman–Crippen MR) is 150 cm³/mol. The fraction of sp³-hybridized carbons (Fsp3) is 0.400. The number of likely N-dealkylation sites (tertiary alicyclic amines) is 1. The van der Waals surface area contributed by atoms with Crippen LogP contribution >= 0.6 is 0 Å². The van der Waals surface area contributed by atoms with Gasteiger partial charge in [0.2, 0.25) is 0 Å². The van der Waals surface area contributed by atoms with Crippen molar-refractivity contribution in [1.29, 1.82) is 0 Å². The van der Waals surface area contributed by atoms with E-state index in [-0.39, 0.29) is 36.3 Å². The number of nitrogens with zero attached hydrogens (tertiary/aromatic N) is 4. The Hall–Kier alpha value is -4.41. The van der Waals surface area contributed by atoms with Crippen LogP contribution in [-0.2, 0) is 16.0 Å². The van der Waals surface area contributed by atoms with Crippen LogP contribution in [0.2, 0.25) is 0 Å². The van der Waals surface area contributed by atoms with Gasteiger partial charge in [0.05, 0.1) is 11.9 Å². The molecule has 0 radical (unpaired) electrons. The van der Waals surface area contributed by atoms with Crippen LogP contribution < -0.4 is 19.7 Å². The molecule has 1 aromatic heterocycles. The average molecular weight is 564 g/mol. The Kier molecular flexibility index (Phi) is 7.96. The maximum Gasteiger partial charge on any atom is 0.342 e. The molecular formula is C30H34FN5O5. The number of hydrogen-bond donors (Lipinski definition) is 1. The van der Waals surface area contributed by atoms with Gasteiger partial charge in [-0.15, -0.1) is 0 Å². The van der Waals surface area contributed by atoms with E-state index in [4.69, 9.17) is 9.47 Å². The van der Waals surface area contributed by atoms with Crippen molar-refractivity contribution in [3.8, 4) is 11.5 Å². The fourth-order valence-electron chi connectivity index (χ4n) is 4.93. The summed E-state index contributed by atoms with van der Waals surface area (Å²) in [5, 5.41) is 6.77. The topological polar surface area (TPSA) is 106 Å². The lowest BCUT2D eigenvalue weighted by Gasteiger charge is -2.36. The van der Waals surface area contributed by atoms with Crippen molar-refractivity contribution in [3.05, 3.63) is 71.8 Å². The SMILES string of the molecule is CN1C(=O)C(NC(=O)n2cc(Cc3cccc(F)c3)cn2)COc2ccc(OCC(=O)N3CCC(C)(C)CC3)cc21. The minimum absolute atomic E-state index is 0.0726. The molecule has 2 aliphatic rings. The highest BCUT2D eigenvalue weighted by Crippen LogP contribution is 2.34. The summed E-state index contributed by atoms with van der Waals surface area (Å²) in [5.74, 6) is 0.0945. The average Bonchev–Trinajstić information content (AvgIpc) is 3.38. The van der Waals surface area contributed by atoms with Crippen molar-refractivity contribution < 1.29 is 28.2 Å². The number of nitrogens with one attached hydrogen (secondary N) is 1. The molecule has 0 aliphatic carbocycles. The smallest absolute Gasteiger partial charge is 0.342 e. The number of piperidine rings is 1. The number of carbonyl (C=O) groups is 3. The molecule has 2 aliphatic heterocycles. The van der Waals surface area contributed by atoms with Crippen molar-refractivity contribution in [1.82, 2.24) is 20.0 Å². The first kappa shape index (κ1) is 28.1. The second-order valence-electron chi connectivity index (χ2n) is 11.3. The summed E-state index contributed by atoms with van der Waals surface area (Å²) in [7, 11) is 1.59. The Morgan fingerprint density at radius 3 is 2.68 bits per heavy atom. The Bertz CT molecular complexity index is 1440. The van der Waals surface area contributed by atoms with Crippen molar-refractivity contribution in [3.63, 3.8) is 0 Å². The molecule has 11 heteroatoms. The van der Waals surface area contributed by atoms with Crippen LogP contribution in [0.15, 0.2) is 54.9 Å². The molecule has 0 spiro atoms. The summed E-state index contributed by atoms with van der Waals surface area (Å²) in [6.45, 7) is 5.67. The number of hydrogen-bond acceptors (Lipinski definition) is 6. The van der Waals surface area contributed by atoms with Gasteiger partial charge in [0.1, 0.15) is 30.0 Å². The molecule has 10 nitrogen and oxygen atoms in total. The molecule has 1 atom stereocenters. The zero-order valence-electron chi connectivity index (χ0n) is 23.4. The summed E-state index contributed by atoms with van der Waals surface area (Å²) < 4.78 is 26.2. The third kappa shape index (κ3) is 6.67. The molecule has 1 N–H and O–H groups in total. The molecular weight excluding hydrogens is 529 g/mol. The number of anilines is 1. The van der Waals surface area contributed by atoms with Crippen LogP contribution in [0, 0.1) is 11.2 Å². The number of ether oxygens (including phenoxy) is 2. The minimum atomic E-state index is -0.968. The largest absolute Gasteiger partial charge is 0.489 e. The lowest BCUT2D eigenvalue weighted by atomic mass is 9.83. The minimum Gasteiger partial charge on any atom is -0.489 e. The third-order valence-electron chi connectivity index (χ3n) is 7.60. The Morgan fingerprint density at radius 2 is 1.93 bits per heavy atom. The number of likely N-dealkylation sites (N-methyl/N-ethyl adjacent to an activating group) is 1. The molecule has 5 rings (SSSR count). The lowest BCUT2D eigenvalue weighted by molar-refractivity contribution is -0.135. The van der Waals surface area contributed by atoms with Crippen molar-refractivity contribution in [2.45, 2.75) is 39.2 Å². The summed E-state index contributed by atoms with van der Waals surface area (Å²) >= 11 is 0. The highest BCUT2D eigenvalue weighted by atomic mass is 19.1. The van der Waals surface area contributed by atoms with Crippen molar-refractivity contribution in [2.24, 2.45) is 5.41 Å². The van der Waals surface area contributed by atoms with Crippen LogP contribution in [0.4, 0.5) is 14.9 Å². The summed E-state index contributed by atoms with van der Waals surface area (Å²) in [6.07, 6.45) is 5.37. The van der Waals surface area contributed by atoms with Crippen LogP contribution in [0.5, 0.6) is 11.5 Å². The number of halogens is 1. The molecule has 0 saturated carbocycles. The van der Waals surface area contributed by atoms with Gasteiger partial charge >= 0.3 is 6.03 Å². The zero-order chi connectivity index (χ0) is 29.1. The van der Waals surface area contributed by atoms with Crippen molar-refractivity contribution in [2.75, 3.05) is 38.3 Å². The van der Waals surface area contributed by atoms with E-state index in [2.05, 4.69) is 24.3 Å². The van der Waals surface area contributed by atoms with E-state index in [9.17, 15) is 18.8 Å². The lowest BCUT2D eigenvalue weighted by Crippen LogP contribution is -2.50. The van der Waals surface area contributed by atoms with Gasteiger partial charge in [0, 0.05) is 38.8 Å². The van der Waals surface area contributed by atoms with Crippen LogP contribution in [0.3, 0.4) is 0 Å². The summed E-state index contributed by atoms with van der Waals surface area (Å²) in [6, 6.07) is 9.66. The third-order valence-corrected chi connectivity index (χ3v) is 7.60. The second-order valence-corrected chi connectivity index (χ2v) is 11.3. The quantitative estimate of drug-likeness (QED) is 0.491. The van der Waals surface area contributed by atoms with Gasteiger partial charge in [0.15, 0.2) is 6.61 Å². The van der Waals surface area contributed by atoms with E-state index in [1.165, 1.54) is 29.4 Å². The molecule has 2 aromatic carbocycles. The number of aromatic nitrogens is 2. The Labute approximate surface area is 238 Å². The molecule has 41 heavy (non-hydrogen) atoms. The van der Waals surface area contributed by atoms with E-state index in [1.807, 2.05) is 4.90 Å². The first-order valence-corrected chi connectivity index (χ1v) is 13.6. The van der Waals surface area contributed by atoms with E-state index in [0.717, 1.165) is 23.1 Å². The number of rotatable bonds is 6. The monoisotopic (exact) mass is 563 g/mol. The molecule has 0 bridgehead atoms. The van der Waals surface area contributed by atoms with Gasteiger partial charge in [-0.2, -0.15) is 9.78 Å². The van der Waals surface area contributed by atoms with Gasteiger partial charge in [-0.05, 0) is 53.6 Å². The van der Waals surface area contributed by atoms with E-state index < -0.39 is 12.1 Å². The van der Waals surface area contributed by atoms with Gasteiger partial charge in [-0.25, -0.2) is 9.18 Å². The maximum atomic E-state index is 13.5. The highest BCUT2D eigenvalue weighted by molar-refractivity contribution is 6.00. The fourth-order valence-corrected chi connectivity index (χ4v) is 4.93. The van der Waals surface area contributed by atoms with Gasteiger partial charge in [-0.1, -0.05) is 26.0 Å². The highest BCUT2D eigenvalue weighted by Gasteiger charge is 2.32. The van der Waals surface area contributed by atoms with Crippen molar-refractivity contribution >= 4 is 23.5 Å². The van der Waals surface area contributed by atoms with Gasteiger partial charge < -0.3 is 24.6 Å². The summed E-state index contributed by atoms with van der Waals surface area (Å²) in [4.78, 5) is 42.0. The maximum absolute atomic E-state index is 13.5. The van der Waals surface area contributed by atoms with Crippen LogP contribution in [0.1, 0.15) is 37.8 Å². The predicted octanol–water partition coefficient (Wildman–Crippen LogP) is 3.62. The second kappa shape index (κ2) is 11.6. The Morgan fingerprint density at radius 1 is 1.15 bits per heavy atom. The Balaban J connectivity index is 1.18. The summed E-state index contributed by atoms with van der Waals surface area (Å²) in [5.41, 5.74) is 2.18. The first-order valence-electron chi connectivity index (χ1n) is 13.6. The molecule has 1 saturated heterocycles. The number of fused-ring (bicyclic) bond motifs is 1. The number of carbonyl (C=O) groups excluding carboxylic acids is 3. The first-order chi connectivity index (χ1) is 19.6. The zero-order valence-corrected chi connectivity index (χ0v) is 23.4. The van der Waals surface area contributed by atoms with Crippen LogP contribution in [0.25, 0.3) is 0 Å². The number of amides is 3. The molecule has 3 aromatic rings. The van der Waals surface area contributed by atoms with E-state index in [1.54, 1.807) is 37.4 Å². The number of benzene rings is 2. The van der Waals surface area contributed by atoms with Gasteiger partial charge in [0.25, 0.3) is 11.8 Å².